The van der Waals surface area contributed by atoms with E-state index in [4.69, 9.17) is 9.57 Å². The maximum Gasteiger partial charge on any atom is 0.280 e. The van der Waals surface area contributed by atoms with E-state index in [-0.39, 0.29) is 22.5 Å². The van der Waals surface area contributed by atoms with Crippen molar-refractivity contribution in [3.05, 3.63) is 40.9 Å². The van der Waals surface area contributed by atoms with Crippen LogP contribution in [0.5, 0.6) is 0 Å². The van der Waals surface area contributed by atoms with Gasteiger partial charge in [-0.1, -0.05) is 28.6 Å². The summed E-state index contributed by atoms with van der Waals surface area (Å²) in [5.41, 5.74) is 0.403. The third-order valence-electron chi connectivity index (χ3n) is 4.67. The molecular weight excluding hydrogens is 454 g/mol. The van der Waals surface area contributed by atoms with Crippen molar-refractivity contribution in [1.29, 1.82) is 0 Å². The van der Waals surface area contributed by atoms with E-state index in [1.165, 1.54) is 18.3 Å². The molecule has 32 heavy (non-hydrogen) atoms. The van der Waals surface area contributed by atoms with Gasteiger partial charge >= 0.3 is 0 Å². The number of rotatable bonds is 12. The van der Waals surface area contributed by atoms with E-state index < -0.39 is 21.8 Å². The van der Waals surface area contributed by atoms with Crippen LogP contribution in [0, 0.1) is 0 Å². The van der Waals surface area contributed by atoms with Crippen molar-refractivity contribution in [3.8, 4) is 0 Å². The van der Waals surface area contributed by atoms with Gasteiger partial charge in [0.1, 0.15) is 6.61 Å². The summed E-state index contributed by atoms with van der Waals surface area (Å²) in [6, 6.07) is 6.05. The number of benzene rings is 1. The van der Waals surface area contributed by atoms with Crippen molar-refractivity contribution in [2.24, 2.45) is 5.16 Å². The first kappa shape index (κ1) is 24.3. The Balaban J connectivity index is 1.77. The molecule has 11 heteroatoms. The molecule has 0 radical (unpaired) electrons. The molecule has 0 spiro atoms. The minimum Gasteiger partial charge on any atom is -0.395 e. The summed E-state index contributed by atoms with van der Waals surface area (Å²) >= 11 is 1.15. The first-order chi connectivity index (χ1) is 15.3. The van der Waals surface area contributed by atoms with Crippen molar-refractivity contribution in [1.82, 2.24) is 4.98 Å². The second kappa shape index (κ2) is 11.0. The predicted molar refractivity (Wildman–Crippen MR) is 122 cm³/mol. The minimum atomic E-state index is -3.33. The summed E-state index contributed by atoms with van der Waals surface area (Å²) in [5, 5.41) is 16.3. The number of hydrogen-bond acceptors (Lipinski definition) is 9. The lowest BCUT2D eigenvalue weighted by Gasteiger charge is -2.09. The van der Waals surface area contributed by atoms with Gasteiger partial charge in [0, 0.05) is 31.4 Å². The first-order valence-electron chi connectivity index (χ1n) is 10.4. The standard InChI is InChI=1S/C21H27N3O6S2/c1-3-29-11-4-12-30-24-19(20(26)23-21-22-13-18(31-21)14(2)25)15-5-7-16(8-6-15)32(27,28)17-9-10-17/h5-8,13-14,17,25H,3-4,9-12H2,1-2H3,(H,22,23,26)/b24-19+/t14-/m0/s1. The van der Waals surface area contributed by atoms with Crippen molar-refractivity contribution in [3.63, 3.8) is 0 Å². The van der Waals surface area contributed by atoms with Gasteiger partial charge in [-0.15, -0.1) is 0 Å². The number of oxime groups is 1. The number of aliphatic hydroxyl groups is 1. The number of sulfone groups is 1. The van der Waals surface area contributed by atoms with Gasteiger partial charge in [0.05, 0.1) is 21.1 Å². The number of carbonyl (C=O) groups excluding carboxylic acids is 1. The zero-order valence-corrected chi connectivity index (χ0v) is 19.6. The van der Waals surface area contributed by atoms with Crippen LogP contribution in [0.15, 0.2) is 40.5 Å². The molecule has 2 aromatic rings. The molecule has 1 amide bonds. The van der Waals surface area contributed by atoms with E-state index >= 15 is 0 Å². The molecule has 0 saturated heterocycles. The van der Waals surface area contributed by atoms with Crippen LogP contribution in [-0.2, 0) is 24.2 Å². The zero-order valence-electron chi connectivity index (χ0n) is 18.0. The highest BCUT2D eigenvalue weighted by molar-refractivity contribution is 7.92. The van der Waals surface area contributed by atoms with Gasteiger partial charge in [0.2, 0.25) is 0 Å². The normalized spacial score (nSPS) is 15.4. The summed E-state index contributed by atoms with van der Waals surface area (Å²) in [4.78, 5) is 23.1. The van der Waals surface area contributed by atoms with Crippen LogP contribution in [-0.4, -0.2) is 55.2 Å². The number of anilines is 1. The highest BCUT2D eigenvalue weighted by Crippen LogP contribution is 2.33. The summed E-state index contributed by atoms with van der Waals surface area (Å²) in [5.74, 6) is -0.556. The average molecular weight is 482 g/mol. The van der Waals surface area contributed by atoms with Crippen LogP contribution in [0.4, 0.5) is 5.13 Å². The van der Waals surface area contributed by atoms with Gasteiger partial charge in [0.25, 0.3) is 5.91 Å². The summed E-state index contributed by atoms with van der Waals surface area (Å²) < 4.78 is 30.1. The zero-order chi connectivity index (χ0) is 23.1. The lowest BCUT2D eigenvalue weighted by atomic mass is 10.1. The van der Waals surface area contributed by atoms with Gasteiger partial charge in [-0.25, -0.2) is 13.4 Å². The number of aliphatic hydroxyl groups excluding tert-OH is 1. The monoisotopic (exact) mass is 481 g/mol. The van der Waals surface area contributed by atoms with E-state index in [9.17, 15) is 18.3 Å². The maximum absolute atomic E-state index is 12.9. The fraction of sp³-hybridized carbons (Fsp3) is 0.476. The molecule has 1 atom stereocenters. The Kier molecular flexibility index (Phi) is 8.35. The third-order valence-corrected chi connectivity index (χ3v) is 8.04. The van der Waals surface area contributed by atoms with Gasteiger partial charge in [-0.05, 0) is 38.8 Å². The Labute approximate surface area is 191 Å². The number of hydrogen-bond donors (Lipinski definition) is 2. The van der Waals surface area contributed by atoms with Crippen LogP contribution >= 0.6 is 11.3 Å². The Bertz CT molecular complexity index is 1040. The van der Waals surface area contributed by atoms with Gasteiger partial charge < -0.3 is 14.7 Å². The van der Waals surface area contributed by atoms with Crippen molar-refractivity contribution in [2.45, 2.75) is 49.4 Å². The Hall–Kier alpha value is -2.34. The Morgan fingerprint density at radius 3 is 2.62 bits per heavy atom. The number of aromatic nitrogens is 1. The summed E-state index contributed by atoms with van der Waals surface area (Å²) in [6.07, 6.45) is 2.76. The lowest BCUT2D eigenvalue weighted by Crippen LogP contribution is -2.24. The molecule has 1 aromatic carbocycles. The highest BCUT2D eigenvalue weighted by Gasteiger charge is 2.36. The first-order valence-corrected chi connectivity index (χ1v) is 12.8. The number of ether oxygens (including phenoxy) is 1. The smallest absolute Gasteiger partial charge is 0.280 e. The molecular formula is C21H27N3O6S2. The molecule has 1 fully saturated rings. The molecule has 1 aromatic heterocycles. The molecule has 0 unspecified atom stereocenters. The van der Waals surface area contributed by atoms with Crippen LogP contribution in [0.3, 0.4) is 0 Å². The lowest BCUT2D eigenvalue weighted by molar-refractivity contribution is -0.110. The van der Waals surface area contributed by atoms with Crippen LogP contribution < -0.4 is 5.32 Å². The molecule has 1 heterocycles. The number of nitrogens with zero attached hydrogens (tertiary/aromatic N) is 2. The van der Waals surface area contributed by atoms with Gasteiger partial charge in [-0.3, -0.25) is 10.1 Å². The molecule has 0 bridgehead atoms. The topological polar surface area (TPSA) is 127 Å². The molecule has 1 aliphatic rings. The minimum absolute atomic E-state index is 0.00873. The summed E-state index contributed by atoms with van der Waals surface area (Å²) in [7, 11) is -3.33. The maximum atomic E-state index is 12.9. The number of carbonyl (C=O) groups is 1. The number of nitrogens with one attached hydrogen (secondary N) is 1. The number of amides is 1. The quantitative estimate of drug-likeness (QED) is 0.271. The Morgan fingerprint density at radius 2 is 2.03 bits per heavy atom. The van der Waals surface area contributed by atoms with E-state index in [1.807, 2.05) is 6.92 Å². The predicted octanol–water partition coefficient (Wildman–Crippen LogP) is 2.92. The van der Waals surface area contributed by atoms with Crippen molar-refractivity contribution >= 4 is 37.9 Å². The van der Waals surface area contributed by atoms with Crippen LogP contribution in [0.1, 0.15) is 49.7 Å². The molecule has 0 aliphatic heterocycles. The van der Waals surface area contributed by atoms with E-state index in [1.54, 1.807) is 19.1 Å². The highest BCUT2D eigenvalue weighted by atomic mass is 32.2. The SMILES string of the molecule is CCOCCCO/N=C(/C(=O)Nc1ncc([C@H](C)O)s1)c1ccc(S(=O)(=O)C2CC2)cc1. The molecule has 2 N–H and O–H groups in total. The van der Waals surface area contributed by atoms with E-state index in [0.717, 1.165) is 11.3 Å². The molecule has 9 nitrogen and oxygen atoms in total. The van der Waals surface area contributed by atoms with Crippen LogP contribution in [0.25, 0.3) is 0 Å². The van der Waals surface area contributed by atoms with E-state index in [2.05, 4.69) is 15.5 Å². The average Bonchev–Trinajstić information content (AvgIpc) is 3.53. The summed E-state index contributed by atoms with van der Waals surface area (Å²) in [6.45, 7) is 4.89. The molecule has 1 saturated carbocycles. The van der Waals surface area contributed by atoms with Crippen molar-refractivity contribution < 1.29 is 27.9 Å². The Morgan fingerprint density at radius 1 is 1.31 bits per heavy atom. The van der Waals surface area contributed by atoms with Crippen LogP contribution in [0.2, 0.25) is 0 Å². The number of thiazole rings is 1. The molecule has 174 valence electrons. The third kappa shape index (κ3) is 6.35. The van der Waals surface area contributed by atoms with E-state index in [0.29, 0.717) is 48.0 Å². The largest absolute Gasteiger partial charge is 0.395 e. The molecule has 1 aliphatic carbocycles. The van der Waals surface area contributed by atoms with Gasteiger partial charge in [-0.2, -0.15) is 0 Å². The molecule has 3 rings (SSSR count). The second-order valence-electron chi connectivity index (χ2n) is 7.29. The van der Waals surface area contributed by atoms with Gasteiger partial charge in [0.15, 0.2) is 20.7 Å². The fourth-order valence-electron chi connectivity index (χ4n) is 2.77. The van der Waals surface area contributed by atoms with Crippen molar-refractivity contribution in [2.75, 3.05) is 25.1 Å². The fourth-order valence-corrected chi connectivity index (χ4v) is 5.18. The second-order valence-corrected chi connectivity index (χ2v) is 10.6.